The van der Waals surface area contributed by atoms with Crippen LogP contribution in [0.15, 0.2) is 0 Å². The topological polar surface area (TPSA) is 94.0 Å². The summed E-state index contributed by atoms with van der Waals surface area (Å²) in [6.45, 7) is 5.03. The van der Waals surface area contributed by atoms with Crippen molar-refractivity contribution in [1.29, 1.82) is 0 Å². The molecule has 0 aliphatic heterocycles. The van der Waals surface area contributed by atoms with Crippen LogP contribution < -0.4 is 5.73 Å². The Hall–Kier alpha value is -1.43. The van der Waals surface area contributed by atoms with Crippen molar-refractivity contribution in [2.45, 2.75) is 39.8 Å². The van der Waals surface area contributed by atoms with E-state index < -0.39 is 5.97 Å². The van der Waals surface area contributed by atoms with Crippen molar-refractivity contribution in [3.05, 3.63) is 11.4 Å². The third kappa shape index (κ3) is 2.57. The Kier molecular flexibility index (Phi) is 4.42. The molecule has 1 heterocycles. The maximum absolute atomic E-state index is 10.8. The Morgan fingerprint density at radius 3 is 2.56 bits per heavy atom. The number of carboxylic acids is 1. The second-order valence-electron chi connectivity index (χ2n) is 3.76. The van der Waals surface area contributed by atoms with Crippen molar-refractivity contribution in [1.82, 2.24) is 15.0 Å². The lowest BCUT2D eigenvalue weighted by molar-refractivity contribution is 0.0689. The molecule has 0 saturated heterocycles. The van der Waals surface area contributed by atoms with Gasteiger partial charge in [0.15, 0.2) is 5.69 Å². The van der Waals surface area contributed by atoms with E-state index in [1.54, 1.807) is 4.68 Å². The van der Waals surface area contributed by atoms with Gasteiger partial charge in [-0.3, -0.25) is 0 Å². The third-order valence-electron chi connectivity index (χ3n) is 2.82. The van der Waals surface area contributed by atoms with Crippen LogP contribution in [0.3, 0.4) is 0 Å². The Balaban J connectivity index is 2.92. The van der Waals surface area contributed by atoms with E-state index in [0.29, 0.717) is 18.2 Å². The second kappa shape index (κ2) is 5.60. The van der Waals surface area contributed by atoms with Crippen molar-refractivity contribution in [3.8, 4) is 0 Å². The van der Waals surface area contributed by atoms with Gasteiger partial charge < -0.3 is 10.8 Å². The maximum Gasteiger partial charge on any atom is 0.358 e. The molecule has 0 amide bonds. The van der Waals surface area contributed by atoms with Crippen LogP contribution in [-0.2, 0) is 13.1 Å². The fourth-order valence-electron chi connectivity index (χ4n) is 1.64. The molecule has 90 valence electrons. The zero-order chi connectivity index (χ0) is 12.1. The first-order valence-electron chi connectivity index (χ1n) is 5.49. The van der Waals surface area contributed by atoms with Crippen molar-refractivity contribution >= 4 is 5.97 Å². The van der Waals surface area contributed by atoms with E-state index in [1.165, 1.54) is 0 Å². The number of rotatable bonds is 6. The highest BCUT2D eigenvalue weighted by atomic mass is 16.4. The van der Waals surface area contributed by atoms with E-state index in [0.717, 1.165) is 12.8 Å². The number of nitrogens with zero attached hydrogens (tertiary/aromatic N) is 3. The molecule has 0 fully saturated rings. The minimum atomic E-state index is -1.07. The summed E-state index contributed by atoms with van der Waals surface area (Å²) in [5.74, 6) is -0.593. The van der Waals surface area contributed by atoms with Gasteiger partial charge in [0.25, 0.3) is 0 Å². The standard InChI is InChI=1S/C10H18N4O2/c1-3-7(4-2)6-14-8(5-11)9(10(15)16)12-13-14/h7H,3-6,11H2,1-2H3,(H,15,16). The summed E-state index contributed by atoms with van der Waals surface area (Å²) >= 11 is 0. The molecule has 0 saturated carbocycles. The molecule has 0 unspecified atom stereocenters. The minimum Gasteiger partial charge on any atom is -0.476 e. The van der Waals surface area contributed by atoms with Gasteiger partial charge in [0.05, 0.1) is 5.69 Å². The number of carboxylic acid groups (broad SMARTS) is 1. The van der Waals surface area contributed by atoms with Crippen LogP contribution in [0.5, 0.6) is 0 Å². The van der Waals surface area contributed by atoms with E-state index in [2.05, 4.69) is 24.2 Å². The van der Waals surface area contributed by atoms with Gasteiger partial charge >= 0.3 is 5.97 Å². The van der Waals surface area contributed by atoms with E-state index in [4.69, 9.17) is 10.8 Å². The lowest BCUT2D eigenvalue weighted by Crippen LogP contribution is -2.16. The zero-order valence-corrected chi connectivity index (χ0v) is 9.68. The molecule has 0 atom stereocenters. The van der Waals surface area contributed by atoms with Crippen molar-refractivity contribution in [2.75, 3.05) is 0 Å². The molecule has 1 aromatic heterocycles. The second-order valence-corrected chi connectivity index (χ2v) is 3.76. The van der Waals surface area contributed by atoms with Crippen LogP contribution in [0.1, 0.15) is 42.9 Å². The molecule has 0 aliphatic carbocycles. The van der Waals surface area contributed by atoms with Crippen molar-refractivity contribution < 1.29 is 9.90 Å². The number of aromatic carboxylic acids is 1. The summed E-state index contributed by atoms with van der Waals surface area (Å²) in [5.41, 5.74) is 5.99. The highest BCUT2D eigenvalue weighted by Gasteiger charge is 2.18. The lowest BCUT2D eigenvalue weighted by atomic mass is 10.0. The molecule has 1 rings (SSSR count). The average Bonchev–Trinajstić information content (AvgIpc) is 2.68. The minimum absolute atomic E-state index is 0.0338. The number of hydrogen-bond donors (Lipinski definition) is 2. The molecule has 6 heteroatoms. The van der Waals surface area contributed by atoms with Gasteiger partial charge in [0.1, 0.15) is 0 Å². The van der Waals surface area contributed by atoms with Gasteiger partial charge in [-0.2, -0.15) is 0 Å². The van der Waals surface area contributed by atoms with E-state index in [9.17, 15) is 4.79 Å². The van der Waals surface area contributed by atoms with Gasteiger partial charge in [-0.1, -0.05) is 31.9 Å². The Labute approximate surface area is 94.4 Å². The van der Waals surface area contributed by atoms with Crippen molar-refractivity contribution in [2.24, 2.45) is 11.7 Å². The Morgan fingerprint density at radius 2 is 2.12 bits per heavy atom. The Morgan fingerprint density at radius 1 is 1.50 bits per heavy atom. The quantitative estimate of drug-likeness (QED) is 0.750. The summed E-state index contributed by atoms with van der Waals surface area (Å²) in [6.07, 6.45) is 2.06. The molecule has 0 radical (unpaired) electrons. The van der Waals surface area contributed by atoms with Gasteiger partial charge in [-0.05, 0) is 5.92 Å². The molecular weight excluding hydrogens is 208 g/mol. The van der Waals surface area contributed by atoms with Gasteiger partial charge in [0, 0.05) is 13.1 Å². The molecule has 1 aromatic rings. The highest BCUT2D eigenvalue weighted by molar-refractivity contribution is 5.86. The van der Waals surface area contributed by atoms with Crippen LogP contribution in [0.4, 0.5) is 0 Å². The number of carbonyl (C=O) groups is 1. The van der Waals surface area contributed by atoms with Gasteiger partial charge in [-0.15, -0.1) is 5.10 Å². The maximum atomic E-state index is 10.8. The number of hydrogen-bond acceptors (Lipinski definition) is 4. The summed E-state index contributed by atoms with van der Waals surface area (Å²) in [6, 6.07) is 0. The molecule has 0 aromatic carbocycles. The zero-order valence-electron chi connectivity index (χ0n) is 9.68. The number of nitrogens with two attached hydrogens (primary N) is 1. The molecule has 0 aliphatic rings. The SMILES string of the molecule is CCC(CC)Cn1nnc(C(=O)O)c1CN. The normalized spacial score (nSPS) is 11.0. The summed E-state index contributed by atoms with van der Waals surface area (Å²) < 4.78 is 1.61. The predicted molar refractivity (Wildman–Crippen MR) is 58.9 cm³/mol. The fourth-order valence-corrected chi connectivity index (χ4v) is 1.64. The molecular formula is C10H18N4O2. The molecule has 6 nitrogen and oxygen atoms in total. The Bertz CT molecular complexity index is 358. The van der Waals surface area contributed by atoms with Gasteiger partial charge in [0.2, 0.25) is 0 Å². The first kappa shape index (κ1) is 12.6. The molecule has 0 bridgehead atoms. The molecule has 0 spiro atoms. The molecule has 3 N–H and O–H groups in total. The van der Waals surface area contributed by atoms with E-state index in [1.807, 2.05) is 0 Å². The first-order chi connectivity index (χ1) is 7.63. The summed E-state index contributed by atoms with van der Waals surface area (Å²) in [7, 11) is 0. The number of aromatic nitrogens is 3. The lowest BCUT2D eigenvalue weighted by Gasteiger charge is -2.13. The summed E-state index contributed by atoms with van der Waals surface area (Å²) in [5, 5.41) is 16.4. The van der Waals surface area contributed by atoms with Crippen LogP contribution in [0.2, 0.25) is 0 Å². The van der Waals surface area contributed by atoms with Crippen LogP contribution >= 0.6 is 0 Å². The van der Waals surface area contributed by atoms with E-state index in [-0.39, 0.29) is 12.2 Å². The predicted octanol–water partition coefficient (Wildman–Crippen LogP) is 0.871. The van der Waals surface area contributed by atoms with E-state index >= 15 is 0 Å². The first-order valence-corrected chi connectivity index (χ1v) is 5.49. The smallest absolute Gasteiger partial charge is 0.358 e. The average molecular weight is 226 g/mol. The van der Waals surface area contributed by atoms with Crippen molar-refractivity contribution in [3.63, 3.8) is 0 Å². The fraction of sp³-hybridized carbons (Fsp3) is 0.700. The third-order valence-corrected chi connectivity index (χ3v) is 2.82. The van der Waals surface area contributed by atoms with Crippen LogP contribution in [-0.4, -0.2) is 26.1 Å². The van der Waals surface area contributed by atoms with Crippen LogP contribution in [0.25, 0.3) is 0 Å². The van der Waals surface area contributed by atoms with Crippen LogP contribution in [0, 0.1) is 5.92 Å². The van der Waals surface area contributed by atoms with Gasteiger partial charge in [-0.25, -0.2) is 9.48 Å². The largest absolute Gasteiger partial charge is 0.476 e. The highest BCUT2D eigenvalue weighted by Crippen LogP contribution is 2.13. The monoisotopic (exact) mass is 226 g/mol. The summed E-state index contributed by atoms with van der Waals surface area (Å²) in [4.78, 5) is 10.8. The molecule has 16 heavy (non-hydrogen) atoms.